The monoisotopic (exact) mass is 170 g/mol. The average Bonchev–Trinajstić information content (AvgIpc) is 2.00. The summed E-state index contributed by atoms with van der Waals surface area (Å²) in [4.78, 5) is 10.6. The molecule has 1 aliphatic carbocycles. The third-order valence-corrected chi connectivity index (χ3v) is 2.34. The summed E-state index contributed by atoms with van der Waals surface area (Å²) in [5, 5.41) is 8.63. The maximum Gasteiger partial charge on any atom is 0.346 e. The third-order valence-electron chi connectivity index (χ3n) is 2.34. The first-order valence-electron chi connectivity index (χ1n) is 3.77. The van der Waals surface area contributed by atoms with Crippen molar-refractivity contribution in [1.29, 1.82) is 0 Å². The molecule has 0 saturated carbocycles. The maximum atomic E-state index is 13.6. The van der Waals surface area contributed by atoms with Crippen molar-refractivity contribution in [2.45, 2.75) is 19.5 Å². The zero-order chi connectivity index (χ0) is 9.35. The fourth-order valence-electron chi connectivity index (χ4n) is 1.22. The average molecular weight is 170 g/mol. The van der Waals surface area contributed by atoms with Crippen LogP contribution in [0.25, 0.3) is 0 Å². The van der Waals surface area contributed by atoms with Gasteiger partial charge in [0.2, 0.25) is 5.67 Å². The van der Waals surface area contributed by atoms with Gasteiger partial charge < -0.3 is 5.11 Å². The van der Waals surface area contributed by atoms with Crippen molar-refractivity contribution in [2.24, 2.45) is 5.92 Å². The van der Waals surface area contributed by atoms with Gasteiger partial charge in [-0.1, -0.05) is 24.6 Å². The lowest BCUT2D eigenvalue weighted by atomic mass is 9.82. The van der Waals surface area contributed by atoms with Gasteiger partial charge in [-0.3, -0.25) is 0 Å². The molecule has 1 aliphatic rings. The summed E-state index contributed by atoms with van der Waals surface area (Å²) >= 11 is 0. The van der Waals surface area contributed by atoms with E-state index in [1.807, 2.05) is 0 Å². The number of carboxylic acids is 1. The molecule has 0 aromatic rings. The third kappa shape index (κ3) is 1.15. The first-order chi connectivity index (χ1) is 5.48. The smallest absolute Gasteiger partial charge is 0.346 e. The molecule has 2 atom stereocenters. The highest BCUT2D eigenvalue weighted by Gasteiger charge is 2.43. The number of halogens is 1. The summed E-state index contributed by atoms with van der Waals surface area (Å²) in [6.07, 6.45) is 4.27. The molecule has 2 nitrogen and oxygen atoms in total. The molecule has 1 rings (SSSR count). The first-order valence-corrected chi connectivity index (χ1v) is 3.77. The molecule has 66 valence electrons. The molecule has 3 heteroatoms. The van der Waals surface area contributed by atoms with Crippen molar-refractivity contribution < 1.29 is 14.3 Å². The van der Waals surface area contributed by atoms with Crippen LogP contribution in [0.2, 0.25) is 0 Å². The van der Waals surface area contributed by atoms with E-state index >= 15 is 0 Å². The number of aliphatic carboxylic acids is 1. The molecule has 0 spiro atoms. The second-order valence-corrected chi connectivity index (χ2v) is 3.06. The molecular weight excluding hydrogens is 159 g/mol. The Morgan fingerprint density at radius 2 is 2.33 bits per heavy atom. The molecule has 0 aliphatic heterocycles. The molecule has 0 radical (unpaired) electrons. The number of hydrogen-bond donors (Lipinski definition) is 1. The summed E-state index contributed by atoms with van der Waals surface area (Å²) in [5.74, 6) is -2.00. The Morgan fingerprint density at radius 1 is 1.75 bits per heavy atom. The Labute approximate surface area is 70.4 Å². The normalized spacial score (nSPS) is 34.6. The standard InChI is InChI=1S/C9H11FO2/c1-6-4-3-5-9(10,7(6)2)8(11)12/h3-5,7H,1-2H3,(H,11,12). The van der Waals surface area contributed by atoms with Crippen LogP contribution in [-0.2, 0) is 4.79 Å². The fourth-order valence-corrected chi connectivity index (χ4v) is 1.22. The van der Waals surface area contributed by atoms with E-state index in [9.17, 15) is 9.18 Å². The second kappa shape index (κ2) is 2.73. The maximum absolute atomic E-state index is 13.6. The van der Waals surface area contributed by atoms with E-state index in [4.69, 9.17) is 5.11 Å². The van der Waals surface area contributed by atoms with Crippen molar-refractivity contribution in [3.63, 3.8) is 0 Å². The number of carbonyl (C=O) groups is 1. The lowest BCUT2D eigenvalue weighted by Gasteiger charge is -2.27. The molecule has 0 heterocycles. The minimum atomic E-state index is -2.22. The van der Waals surface area contributed by atoms with Crippen LogP contribution in [-0.4, -0.2) is 16.7 Å². The lowest BCUT2D eigenvalue weighted by molar-refractivity contribution is -0.149. The number of carboxylic acid groups (broad SMARTS) is 1. The molecule has 0 bridgehead atoms. The van der Waals surface area contributed by atoms with Gasteiger partial charge in [-0.05, 0) is 13.0 Å². The number of alkyl halides is 1. The van der Waals surface area contributed by atoms with Crippen molar-refractivity contribution in [1.82, 2.24) is 0 Å². The van der Waals surface area contributed by atoms with Crippen LogP contribution in [0.15, 0.2) is 23.8 Å². The number of hydrogen-bond acceptors (Lipinski definition) is 1. The van der Waals surface area contributed by atoms with Crippen molar-refractivity contribution >= 4 is 5.97 Å². The van der Waals surface area contributed by atoms with Crippen molar-refractivity contribution in [2.75, 3.05) is 0 Å². The van der Waals surface area contributed by atoms with Gasteiger partial charge in [0.25, 0.3) is 0 Å². The molecule has 2 unspecified atom stereocenters. The Balaban J connectivity index is 3.03. The van der Waals surface area contributed by atoms with Crippen LogP contribution in [0.1, 0.15) is 13.8 Å². The Morgan fingerprint density at radius 3 is 2.75 bits per heavy atom. The number of allylic oxidation sites excluding steroid dienone is 3. The fraction of sp³-hybridized carbons (Fsp3) is 0.444. The van der Waals surface area contributed by atoms with Gasteiger partial charge in [-0.25, -0.2) is 9.18 Å². The predicted molar refractivity (Wildman–Crippen MR) is 43.5 cm³/mol. The van der Waals surface area contributed by atoms with Gasteiger partial charge in [0, 0.05) is 5.92 Å². The zero-order valence-corrected chi connectivity index (χ0v) is 7.04. The van der Waals surface area contributed by atoms with E-state index in [1.165, 1.54) is 6.08 Å². The minimum Gasteiger partial charge on any atom is -0.479 e. The molecule has 12 heavy (non-hydrogen) atoms. The second-order valence-electron chi connectivity index (χ2n) is 3.06. The molecule has 0 aromatic heterocycles. The van der Waals surface area contributed by atoms with Crippen molar-refractivity contribution in [3.8, 4) is 0 Å². The van der Waals surface area contributed by atoms with Crippen LogP contribution in [0.4, 0.5) is 4.39 Å². The van der Waals surface area contributed by atoms with Gasteiger partial charge >= 0.3 is 5.97 Å². The van der Waals surface area contributed by atoms with Crippen LogP contribution in [0.3, 0.4) is 0 Å². The minimum absolute atomic E-state index is 0.583. The van der Waals surface area contributed by atoms with Crippen LogP contribution in [0.5, 0.6) is 0 Å². The predicted octanol–water partition coefficient (Wildman–Crippen LogP) is 1.93. The quantitative estimate of drug-likeness (QED) is 0.652. The van der Waals surface area contributed by atoms with Gasteiger partial charge in [-0.2, -0.15) is 0 Å². The lowest BCUT2D eigenvalue weighted by Crippen LogP contribution is -2.40. The summed E-state index contributed by atoms with van der Waals surface area (Å²) in [6.45, 7) is 3.30. The largest absolute Gasteiger partial charge is 0.479 e. The van der Waals surface area contributed by atoms with E-state index in [0.29, 0.717) is 0 Å². The first kappa shape index (κ1) is 8.97. The molecule has 0 aromatic carbocycles. The summed E-state index contributed by atoms with van der Waals surface area (Å²) in [7, 11) is 0. The highest BCUT2D eigenvalue weighted by atomic mass is 19.1. The van der Waals surface area contributed by atoms with Crippen LogP contribution < -0.4 is 0 Å². The Bertz CT molecular complexity index is 268. The van der Waals surface area contributed by atoms with Gasteiger partial charge in [0.1, 0.15) is 0 Å². The molecule has 0 fully saturated rings. The Hall–Kier alpha value is -1.12. The topological polar surface area (TPSA) is 37.3 Å². The van der Waals surface area contributed by atoms with Gasteiger partial charge in [0.05, 0.1) is 0 Å². The van der Waals surface area contributed by atoms with Crippen molar-refractivity contribution in [3.05, 3.63) is 23.8 Å². The summed E-state index contributed by atoms with van der Waals surface area (Å²) in [5.41, 5.74) is -1.47. The summed E-state index contributed by atoms with van der Waals surface area (Å²) < 4.78 is 13.6. The molecule has 0 amide bonds. The summed E-state index contributed by atoms with van der Waals surface area (Å²) in [6, 6.07) is 0. The van der Waals surface area contributed by atoms with E-state index in [2.05, 4.69) is 0 Å². The van der Waals surface area contributed by atoms with E-state index in [1.54, 1.807) is 19.9 Å². The van der Waals surface area contributed by atoms with Gasteiger partial charge in [-0.15, -0.1) is 0 Å². The highest BCUT2D eigenvalue weighted by molar-refractivity contribution is 5.81. The SMILES string of the molecule is CC1=CC=CC(F)(C(=O)O)C1C. The van der Waals surface area contributed by atoms with E-state index in [0.717, 1.165) is 11.6 Å². The zero-order valence-electron chi connectivity index (χ0n) is 7.04. The Kier molecular flexibility index (Phi) is 2.04. The van der Waals surface area contributed by atoms with E-state index < -0.39 is 17.6 Å². The van der Waals surface area contributed by atoms with Gasteiger partial charge in [0.15, 0.2) is 0 Å². The molecule has 0 saturated heterocycles. The van der Waals surface area contributed by atoms with E-state index in [-0.39, 0.29) is 0 Å². The number of rotatable bonds is 1. The molecular formula is C9H11FO2. The van der Waals surface area contributed by atoms with Crippen LogP contribution in [0, 0.1) is 5.92 Å². The highest BCUT2D eigenvalue weighted by Crippen LogP contribution is 2.33. The molecule has 1 N–H and O–H groups in total. The van der Waals surface area contributed by atoms with Crippen LogP contribution >= 0.6 is 0 Å².